The zero-order valence-electron chi connectivity index (χ0n) is 12.8. The summed E-state index contributed by atoms with van der Waals surface area (Å²) in [7, 11) is 0. The van der Waals surface area contributed by atoms with Crippen molar-refractivity contribution in [3.63, 3.8) is 0 Å². The first-order valence-electron chi connectivity index (χ1n) is 7.20. The maximum atomic E-state index is 13.3. The second kappa shape index (κ2) is 5.68. The van der Waals surface area contributed by atoms with Crippen molar-refractivity contribution in [2.45, 2.75) is 19.9 Å². The number of hydrogen-bond donors (Lipinski definition) is 4. The fourth-order valence-electron chi connectivity index (χ4n) is 2.40. The molecule has 0 aliphatic rings. The molecule has 1 aromatic carbocycles. The van der Waals surface area contributed by atoms with Crippen LogP contribution in [0.5, 0.6) is 0 Å². The molecule has 6 nitrogen and oxygen atoms in total. The molecule has 0 saturated heterocycles. The first kappa shape index (κ1) is 15.0. The van der Waals surface area contributed by atoms with Crippen molar-refractivity contribution in [3.8, 4) is 0 Å². The van der Waals surface area contributed by atoms with Gasteiger partial charge in [0, 0.05) is 16.9 Å². The molecule has 3 aromatic rings. The van der Waals surface area contributed by atoms with E-state index in [1.54, 1.807) is 12.1 Å². The van der Waals surface area contributed by atoms with Crippen LogP contribution in [0.25, 0.3) is 10.9 Å². The van der Waals surface area contributed by atoms with E-state index < -0.39 is 0 Å². The van der Waals surface area contributed by atoms with Crippen molar-refractivity contribution < 1.29 is 4.39 Å². The molecule has 2 aromatic heterocycles. The largest absolute Gasteiger partial charge is 0.383 e. The monoisotopic (exact) mass is 312 g/mol. The Bertz CT molecular complexity index is 883. The summed E-state index contributed by atoms with van der Waals surface area (Å²) in [5.74, 6) is 0.402. The van der Waals surface area contributed by atoms with Crippen molar-refractivity contribution in [2.24, 2.45) is 0 Å². The Balaban J connectivity index is 2.08. The number of hydrogen-bond acceptors (Lipinski definition) is 5. The second-order valence-corrected chi connectivity index (χ2v) is 5.57. The third-order valence-electron chi connectivity index (χ3n) is 3.40. The Kier molecular flexibility index (Phi) is 3.69. The summed E-state index contributed by atoms with van der Waals surface area (Å²) in [6, 6.07) is 6.28. The predicted molar refractivity (Wildman–Crippen MR) is 89.4 cm³/mol. The SMILES string of the molecule is CC(C)Nc1ncnc(N)c1C(=N)c1cc2cc(F)ccc2[nH]1. The number of anilines is 2. The predicted octanol–water partition coefficient (Wildman–Crippen LogP) is 2.92. The van der Waals surface area contributed by atoms with Crippen molar-refractivity contribution >= 4 is 28.3 Å². The molecule has 0 amide bonds. The van der Waals surface area contributed by atoms with Gasteiger partial charge in [-0.1, -0.05) is 0 Å². The first-order chi connectivity index (χ1) is 11.0. The van der Waals surface area contributed by atoms with Crippen molar-refractivity contribution in [1.82, 2.24) is 15.0 Å². The third-order valence-corrected chi connectivity index (χ3v) is 3.40. The number of nitrogens with one attached hydrogen (secondary N) is 3. The van der Waals surface area contributed by atoms with E-state index in [1.807, 2.05) is 13.8 Å². The fraction of sp³-hybridized carbons (Fsp3) is 0.188. The number of nitrogens with zero attached hydrogens (tertiary/aromatic N) is 2. The van der Waals surface area contributed by atoms with Gasteiger partial charge in [-0.3, -0.25) is 5.41 Å². The van der Waals surface area contributed by atoms with Crippen LogP contribution in [0, 0.1) is 11.2 Å². The van der Waals surface area contributed by atoms with Crippen molar-refractivity contribution in [1.29, 1.82) is 5.41 Å². The molecule has 0 fully saturated rings. The number of rotatable bonds is 4. The molecule has 23 heavy (non-hydrogen) atoms. The molecule has 5 N–H and O–H groups in total. The summed E-state index contributed by atoms with van der Waals surface area (Å²) in [6.07, 6.45) is 1.36. The first-order valence-corrected chi connectivity index (χ1v) is 7.20. The van der Waals surface area contributed by atoms with Gasteiger partial charge in [0.1, 0.15) is 23.8 Å². The third kappa shape index (κ3) is 2.85. The van der Waals surface area contributed by atoms with E-state index >= 15 is 0 Å². The minimum atomic E-state index is -0.320. The summed E-state index contributed by atoms with van der Waals surface area (Å²) in [4.78, 5) is 11.2. The molecule has 7 heteroatoms. The van der Waals surface area contributed by atoms with E-state index in [0.29, 0.717) is 22.5 Å². The number of halogens is 1. The molecular weight excluding hydrogens is 295 g/mol. The zero-order chi connectivity index (χ0) is 16.6. The van der Waals surface area contributed by atoms with Gasteiger partial charge in [0.15, 0.2) is 0 Å². The average molecular weight is 312 g/mol. The molecule has 0 saturated carbocycles. The van der Waals surface area contributed by atoms with Crippen LogP contribution in [0.4, 0.5) is 16.0 Å². The van der Waals surface area contributed by atoms with Crippen LogP contribution < -0.4 is 11.1 Å². The van der Waals surface area contributed by atoms with Gasteiger partial charge in [-0.2, -0.15) is 0 Å². The van der Waals surface area contributed by atoms with Crippen molar-refractivity contribution in [2.75, 3.05) is 11.1 Å². The molecule has 0 radical (unpaired) electrons. The molecule has 0 unspecified atom stereocenters. The Morgan fingerprint density at radius 3 is 2.83 bits per heavy atom. The minimum absolute atomic E-state index is 0.132. The Morgan fingerprint density at radius 2 is 2.09 bits per heavy atom. The maximum absolute atomic E-state index is 13.3. The highest BCUT2D eigenvalue weighted by Crippen LogP contribution is 2.24. The number of H-pyrrole nitrogens is 1. The highest BCUT2D eigenvalue weighted by Gasteiger charge is 2.18. The lowest BCUT2D eigenvalue weighted by atomic mass is 10.1. The summed E-state index contributed by atoms with van der Waals surface area (Å²) >= 11 is 0. The highest BCUT2D eigenvalue weighted by molar-refractivity contribution is 6.16. The van der Waals surface area contributed by atoms with Crippen molar-refractivity contribution in [3.05, 3.63) is 47.7 Å². The fourth-order valence-corrected chi connectivity index (χ4v) is 2.40. The molecule has 0 aliphatic carbocycles. The van der Waals surface area contributed by atoms with Crippen LogP contribution in [-0.4, -0.2) is 26.7 Å². The maximum Gasteiger partial charge on any atom is 0.141 e. The van der Waals surface area contributed by atoms with Gasteiger partial charge in [-0.05, 0) is 38.1 Å². The molecule has 0 bridgehead atoms. The van der Waals surface area contributed by atoms with Gasteiger partial charge in [0.05, 0.1) is 17.0 Å². The van der Waals surface area contributed by atoms with E-state index in [0.717, 1.165) is 5.52 Å². The summed E-state index contributed by atoms with van der Waals surface area (Å²) < 4.78 is 13.3. The van der Waals surface area contributed by atoms with E-state index in [-0.39, 0.29) is 23.4 Å². The topological polar surface area (TPSA) is 103 Å². The smallest absolute Gasteiger partial charge is 0.141 e. The molecule has 3 rings (SSSR count). The Morgan fingerprint density at radius 1 is 1.30 bits per heavy atom. The van der Waals surface area contributed by atoms with Gasteiger partial charge >= 0.3 is 0 Å². The lowest BCUT2D eigenvalue weighted by Gasteiger charge is -2.14. The number of nitrogen functional groups attached to an aromatic ring is 1. The molecule has 118 valence electrons. The van der Waals surface area contributed by atoms with Crippen LogP contribution in [0.2, 0.25) is 0 Å². The van der Waals surface area contributed by atoms with Gasteiger partial charge < -0.3 is 16.0 Å². The lowest BCUT2D eigenvalue weighted by Crippen LogP contribution is -2.18. The molecule has 0 spiro atoms. The highest BCUT2D eigenvalue weighted by atomic mass is 19.1. The van der Waals surface area contributed by atoms with Crippen LogP contribution in [0.3, 0.4) is 0 Å². The van der Waals surface area contributed by atoms with E-state index in [2.05, 4.69) is 20.3 Å². The molecule has 0 atom stereocenters. The standard InChI is InChI=1S/C16H17FN6/c1-8(2)22-16-13(15(19)20-7-21-16)14(18)12-6-9-5-10(17)3-4-11(9)23-12/h3-8,18,23H,1-2H3,(H3,19,20,21,22). The number of aromatic amines is 1. The molecule has 0 aliphatic heterocycles. The summed E-state index contributed by atoms with van der Waals surface area (Å²) in [6.45, 7) is 3.94. The van der Waals surface area contributed by atoms with Gasteiger partial charge in [0.25, 0.3) is 0 Å². The van der Waals surface area contributed by atoms with E-state index in [1.165, 1.54) is 18.5 Å². The summed E-state index contributed by atoms with van der Waals surface area (Å²) in [5, 5.41) is 12.3. The quantitative estimate of drug-likeness (QED) is 0.556. The second-order valence-electron chi connectivity index (χ2n) is 5.57. The van der Waals surface area contributed by atoms with Crippen LogP contribution in [-0.2, 0) is 0 Å². The van der Waals surface area contributed by atoms with Gasteiger partial charge in [-0.15, -0.1) is 0 Å². The zero-order valence-corrected chi connectivity index (χ0v) is 12.8. The summed E-state index contributed by atoms with van der Waals surface area (Å²) in [5.41, 5.74) is 7.80. The number of benzene rings is 1. The van der Waals surface area contributed by atoms with E-state index in [4.69, 9.17) is 11.1 Å². The number of fused-ring (bicyclic) bond motifs is 1. The normalized spacial score (nSPS) is 11.1. The van der Waals surface area contributed by atoms with Crippen LogP contribution in [0.1, 0.15) is 25.1 Å². The minimum Gasteiger partial charge on any atom is -0.383 e. The average Bonchev–Trinajstić information content (AvgIpc) is 2.89. The lowest BCUT2D eigenvalue weighted by molar-refractivity contribution is 0.630. The number of aromatic nitrogens is 3. The molecular formula is C16H17FN6. The van der Waals surface area contributed by atoms with Gasteiger partial charge in [0.2, 0.25) is 0 Å². The van der Waals surface area contributed by atoms with Crippen LogP contribution >= 0.6 is 0 Å². The van der Waals surface area contributed by atoms with Gasteiger partial charge in [-0.25, -0.2) is 14.4 Å². The molecule has 2 heterocycles. The Labute approximate surface area is 132 Å². The van der Waals surface area contributed by atoms with E-state index in [9.17, 15) is 4.39 Å². The Hall–Kier alpha value is -2.96. The van der Waals surface area contributed by atoms with Crippen LogP contribution in [0.15, 0.2) is 30.6 Å². The number of nitrogens with two attached hydrogens (primary N) is 1.